The fourth-order valence-corrected chi connectivity index (χ4v) is 3.26. The first kappa shape index (κ1) is 14.4. The third kappa shape index (κ3) is 2.96. The highest BCUT2D eigenvalue weighted by atomic mass is 19.1. The minimum atomic E-state index is -1.13. The third-order valence-electron chi connectivity index (χ3n) is 4.24. The van der Waals surface area contributed by atoms with E-state index in [0.717, 1.165) is 6.08 Å². The smallest absolute Gasteiger partial charge is 0.121 e. The highest BCUT2D eigenvalue weighted by Crippen LogP contribution is 2.41. The Morgan fingerprint density at radius 1 is 1.26 bits per heavy atom. The molecule has 2 rings (SSSR count). The molecular formula is C16H23F2N. The van der Waals surface area contributed by atoms with E-state index in [1.54, 1.807) is 6.21 Å². The van der Waals surface area contributed by atoms with Crippen molar-refractivity contribution >= 4 is 6.21 Å². The number of alkyl halides is 1. The lowest BCUT2D eigenvalue weighted by Crippen LogP contribution is -2.35. The van der Waals surface area contributed by atoms with E-state index in [1.807, 2.05) is 6.08 Å². The van der Waals surface area contributed by atoms with Crippen molar-refractivity contribution in [3.05, 3.63) is 23.6 Å². The normalized spacial score (nSPS) is 35.9. The zero-order chi connectivity index (χ0) is 14.2. The molecule has 4 atom stereocenters. The maximum Gasteiger partial charge on any atom is 0.121 e. The second kappa shape index (κ2) is 5.18. The van der Waals surface area contributed by atoms with Crippen molar-refractivity contribution in [3.8, 4) is 0 Å². The molecule has 1 aliphatic carbocycles. The molecule has 0 radical (unpaired) electrons. The zero-order valence-corrected chi connectivity index (χ0v) is 12.2. The van der Waals surface area contributed by atoms with Crippen LogP contribution in [0.25, 0.3) is 0 Å². The largest absolute Gasteiger partial charge is 0.289 e. The molecular weight excluding hydrogens is 244 g/mol. The number of rotatable bonds is 1. The van der Waals surface area contributed by atoms with Gasteiger partial charge in [-0.15, -0.1) is 0 Å². The lowest BCUT2D eigenvalue weighted by atomic mass is 9.71. The maximum absolute atomic E-state index is 14.0. The van der Waals surface area contributed by atoms with Crippen LogP contribution in [-0.4, -0.2) is 18.4 Å². The van der Waals surface area contributed by atoms with E-state index in [0.29, 0.717) is 12.8 Å². The van der Waals surface area contributed by atoms with E-state index in [9.17, 15) is 8.78 Å². The van der Waals surface area contributed by atoms with Crippen molar-refractivity contribution in [2.24, 2.45) is 22.2 Å². The minimum absolute atomic E-state index is 0.0571. The predicted octanol–water partition coefficient (Wildman–Crippen LogP) is 4.65. The minimum Gasteiger partial charge on any atom is -0.289 e. The second-order valence-electron chi connectivity index (χ2n) is 6.70. The monoisotopic (exact) mass is 267 g/mol. The topological polar surface area (TPSA) is 12.4 Å². The van der Waals surface area contributed by atoms with Gasteiger partial charge in [0.2, 0.25) is 0 Å². The van der Waals surface area contributed by atoms with Crippen LogP contribution in [0, 0.1) is 17.3 Å². The van der Waals surface area contributed by atoms with E-state index < -0.39 is 6.17 Å². The zero-order valence-electron chi connectivity index (χ0n) is 12.2. The Morgan fingerprint density at radius 3 is 2.53 bits per heavy atom. The number of hydrogen-bond acceptors (Lipinski definition) is 1. The summed E-state index contributed by atoms with van der Waals surface area (Å²) in [5, 5.41) is 0. The molecule has 0 saturated heterocycles. The van der Waals surface area contributed by atoms with E-state index in [2.05, 4.69) is 32.7 Å². The lowest BCUT2D eigenvalue weighted by Gasteiger charge is -2.38. The van der Waals surface area contributed by atoms with Crippen LogP contribution in [0.2, 0.25) is 0 Å². The summed E-state index contributed by atoms with van der Waals surface area (Å²) < 4.78 is 27.2. The maximum atomic E-state index is 14.0. The van der Waals surface area contributed by atoms with Gasteiger partial charge >= 0.3 is 0 Å². The van der Waals surface area contributed by atoms with E-state index in [1.165, 1.54) is 5.57 Å². The van der Waals surface area contributed by atoms with E-state index in [-0.39, 0.29) is 29.1 Å². The summed E-state index contributed by atoms with van der Waals surface area (Å²) in [6, 6.07) is -0.0945. The molecule has 2 aliphatic rings. The van der Waals surface area contributed by atoms with Gasteiger partial charge in [0.25, 0.3) is 0 Å². The first-order chi connectivity index (χ1) is 8.80. The molecule has 1 aliphatic heterocycles. The van der Waals surface area contributed by atoms with Gasteiger partial charge in [0.1, 0.15) is 12.0 Å². The van der Waals surface area contributed by atoms with E-state index >= 15 is 0 Å². The van der Waals surface area contributed by atoms with Crippen LogP contribution in [0.4, 0.5) is 8.78 Å². The quantitative estimate of drug-likeness (QED) is 0.655. The molecule has 0 aromatic heterocycles. The fraction of sp³-hybridized carbons (Fsp3) is 0.688. The van der Waals surface area contributed by atoms with Crippen LogP contribution >= 0.6 is 0 Å². The van der Waals surface area contributed by atoms with Crippen LogP contribution in [-0.2, 0) is 0 Å². The molecule has 0 spiro atoms. The Bertz CT molecular complexity index is 429. The lowest BCUT2D eigenvalue weighted by molar-refractivity contribution is 0.245. The number of halogens is 2. The molecule has 1 nitrogen and oxygen atoms in total. The summed E-state index contributed by atoms with van der Waals surface area (Å²) >= 11 is 0. The van der Waals surface area contributed by atoms with Crippen molar-refractivity contribution in [2.45, 2.75) is 52.8 Å². The van der Waals surface area contributed by atoms with Crippen LogP contribution in [0.3, 0.4) is 0 Å². The van der Waals surface area contributed by atoms with Crippen LogP contribution in [0.5, 0.6) is 0 Å². The first-order valence-electron chi connectivity index (χ1n) is 7.06. The molecule has 19 heavy (non-hydrogen) atoms. The van der Waals surface area contributed by atoms with Crippen LogP contribution < -0.4 is 0 Å². The first-order valence-corrected chi connectivity index (χ1v) is 7.06. The summed E-state index contributed by atoms with van der Waals surface area (Å²) in [7, 11) is 0. The third-order valence-corrected chi connectivity index (χ3v) is 4.24. The van der Waals surface area contributed by atoms with Crippen molar-refractivity contribution in [3.63, 3.8) is 0 Å². The summed E-state index contributed by atoms with van der Waals surface area (Å²) in [5.74, 6) is -0.377. The number of aliphatic imine (C=N–C) groups is 1. The molecule has 4 unspecified atom stereocenters. The molecule has 3 heteroatoms. The molecule has 0 amide bonds. The summed E-state index contributed by atoms with van der Waals surface area (Å²) in [6.45, 7) is 8.59. The number of hydrogen-bond donors (Lipinski definition) is 0. The molecule has 1 heterocycles. The van der Waals surface area contributed by atoms with Gasteiger partial charge in [0, 0.05) is 18.1 Å². The van der Waals surface area contributed by atoms with Gasteiger partial charge in [-0.3, -0.25) is 4.99 Å². The van der Waals surface area contributed by atoms with Gasteiger partial charge in [-0.2, -0.15) is 0 Å². The molecule has 0 aromatic rings. The summed E-state index contributed by atoms with van der Waals surface area (Å²) in [6.07, 6.45) is 4.80. The number of nitrogens with zero attached hydrogens (tertiary/aromatic N) is 1. The average Bonchev–Trinajstić information content (AvgIpc) is 2.28. The molecule has 0 aromatic carbocycles. The fourth-order valence-electron chi connectivity index (χ4n) is 3.26. The Hall–Kier alpha value is -0.990. The highest BCUT2D eigenvalue weighted by molar-refractivity contribution is 5.74. The number of allylic oxidation sites excluding steroid dienone is 2. The van der Waals surface area contributed by atoms with Crippen molar-refractivity contribution < 1.29 is 8.78 Å². The molecule has 0 fully saturated rings. The molecule has 0 bridgehead atoms. The van der Waals surface area contributed by atoms with Gasteiger partial charge in [-0.05, 0) is 30.4 Å². The van der Waals surface area contributed by atoms with Crippen molar-refractivity contribution in [1.29, 1.82) is 0 Å². The standard InChI is InChI=1S/C16H23F2N/c1-10-13(16(2,3)4)7-8-19-15(10)12-6-5-11(17)9-14(12)18/h7-12,15H,5-6H2,1-4H3. The van der Waals surface area contributed by atoms with E-state index in [4.69, 9.17) is 0 Å². The van der Waals surface area contributed by atoms with Crippen LogP contribution in [0.15, 0.2) is 28.5 Å². The Kier molecular flexibility index (Phi) is 3.93. The van der Waals surface area contributed by atoms with Gasteiger partial charge in [-0.25, -0.2) is 8.78 Å². The van der Waals surface area contributed by atoms with Crippen molar-refractivity contribution in [2.75, 3.05) is 0 Å². The van der Waals surface area contributed by atoms with Gasteiger partial charge in [-0.1, -0.05) is 33.3 Å². The SMILES string of the molecule is CC1C(C(C)(C)C)=CC=NC1C1CCC(F)C=C1F. The highest BCUT2D eigenvalue weighted by Gasteiger charge is 2.37. The van der Waals surface area contributed by atoms with Crippen LogP contribution in [0.1, 0.15) is 40.5 Å². The van der Waals surface area contributed by atoms with Crippen molar-refractivity contribution in [1.82, 2.24) is 0 Å². The Morgan fingerprint density at radius 2 is 1.95 bits per heavy atom. The van der Waals surface area contributed by atoms with Gasteiger partial charge in [0.15, 0.2) is 0 Å². The number of dihydropyridines is 1. The van der Waals surface area contributed by atoms with Gasteiger partial charge in [0.05, 0.1) is 6.04 Å². The summed E-state index contributed by atoms with van der Waals surface area (Å²) in [4.78, 5) is 4.47. The molecule has 0 saturated carbocycles. The average molecular weight is 267 g/mol. The molecule has 106 valence electrons. The summed E-state index contributed by atoms with van der Waals surface area (Å²) in [5.41, 5.74) is 1.35. The Labute approximate surface area is 114 Å². The van der Waals surface area contributed by atoms with Gasteiger partial charge < -0.3 is 0 Å². The second-order valence-corrected chi connectivity index (χ2v) is 6.70. The Balaban J connectivity index is 2.22. The predicted molar refractivity (Wildman–Crippen MR) is 75.8 cm³/mol. The molecule has 0 N–H and O–H groups in total.